The van der Waals surface area contributed by atoms with Crippen LogP contribution in [0.15, 0.2) is 36.4 Å². The minimum Gasteiger partial charge on any atom is -0.491 e. The molecular formula is C18H20N2O4. The Balaban J connectivity index is 2.07. The number of aromatic nitrogens is 1. The summed E-state index contributed by atoms with van der Waals surface area (Å²) in [5.41, 5.74) is 1.15. The van der Waals surface area contributed by atoms with Gasteiger partial charge in [-0.3, -0.25) is 4.79 Å². The molecule has 1 heterocycles. The van der Waals surface area contributed by atoms with Crippen molar-refractivity contribution in [1.82, 2.24) is 4.98 Å². The number of nitrogens with zero attached hydrogens (tertiary/aromatic N) is 1. The van der Waals surface area contributed by atoms with Gasteiger partial charge in [-0.05, 0) is 56.7 Å². The minimum absolute atomic E-state index is 0.0816. The number of carboxylic acids is 1. The van der Waals surface area contributed by atoms with Gasteiger partial charge >= 0.3 is 5.97 Å². The molecule has 2 aromatic rings. The number of benzene rings is 1. The van der Waals surface area contributed by atoms with Gasteiger partial charge in [0.15, 0.2) is 0 Å². The lowest BCUT2D eigenvalue weighted by Gasteiger charge is -2.13. The van der Waals surface area contributed by atoms with E-state index in [4.69, 9.17) is 9.84 Å². The van der Waals surface area contributed by atoms with Gasteiger partial charge in [-0.15, -0.1) is 0 Å². The summed E-state index contributed by atoms with van der Waals surface area (Å²) in [6.07, 6.45) is 1.04. The molecule has 6 heteroatoms. The molecule has 0 saturated carbocycles. The molecule has 0 spiro atoms. The standard InChI is InChI=1S/C18H20N2O4/c1-4-11(2)24-14-7-5-13(6-8-14)20-17(21)16-10-9-15(18(22)23)12(3)19-16/h5-11H,4H2,1-3H3,(H,20,21)(H,22,23). The Morgan fingerprint density at radius 2 is 1.88 bits per heavy atom. The SMILES string of the molecule is CCC(C)Oc1ccc(NC(=O)c2ccc(C(=O)O)c(C)n2)cc1. The summed E-state index contributed by atoms with van der Waals surface area (Å²) in [5.74, 6) is -0.725. The van der Waals surface area contributed by atoms with Crippen LogP contribution < -0.4 is 10.1 Å². The van der Waals surface area contributed by atoms with E-state index in [1.165, 1.54) is 12.1 Å². The number of aryl methyl sites for hydroxylation is 1. The molecule has 0 aliphatic heterocycles. The van der Waals surface area contributed by atoms with Crippen LogP contribution in [0.3, 0.4) is 0 Å². The third-order valence-corrected chi connectivity index (χ3v) is 3.57. The lowest BCUT2D eigenvalue weighted by atomic mass is 10.2. The van der Waals surface area contributed by atoms with Crippen molar-refractivity contribution in [2.24, 2.45) is 0 Å². The zero-order chi connectivity index (χ0) is 17.7. The smallest absolute Gasteiger partial charge is 0.337 e. The predicted molar refractivity (Wildman–Crippen MR) is 90.7 cm³/mol. The highest BCUT2D eigenvalue weighted by molar-refractivity contribution is 6.03. The van der Waals surface area contributed by atoms with E-state index in [0.717, 1.165) is 12.2 Å². The van der Waals surface area contributed by atoms with Gasteiger partial charge in [0.1, 0.15) is 11.4 Å². The summed E-state index contributed by atoms with van der Waals surface area (Å²) in [7, 11) is 0. The molecule has 2 rings (SSSR count). The molecule has 0 aliphatic rings. The van der Waals surface area contributed by atoms with Crippen LogP contribution in [-0.2, 0) is 0 Å². The van der Waals surface area contributed by atoms with Gasteiger partial charge in [0.25, 0.3) is 5.91 Å². The Bertz CT molecular complexity index is 741. The first-order valence-electron chi connectivity index (χ1n) is 7.69. The van der Waals surface area contributed by atoms with Gasteiger partial charge in [-0.1, -0.05) is 6.92 Å². The van der Waals surface area contributed by atoms with E-state index in [-0.39, 0.29) is 17.4 Å². The first kappa shape index (κ1) is 17.5. The number of rotatable bonds is 6. The zero-order valence-electron chi connectivity index (χ0n) is 13.9. The van der Waals surface area contributed by atoms with Gasteiger partial charge < -0.3 is 15.2 Å². The molecule has 24 heavy (non-hydrogen) atoms. The summed E-state index contributed by atoms with van der Waals surface area (Å²) in [5, 5.41) is 11.7. The number of hydrogen-bond acceptors (Lipinski definition) is 4. The maximum Gasteiger partial charge on any atom is 0.337 e. The molecule has 0 aliphatic carbocycles. The van der Waals surface area contributed by atoms with Crippen LogP contribution in [0.4, 0.5) is 5.69 Å². The lowest BCUT2D eigenvalue weighted by molar-refractivity contribution is 0.0695. The third kappa shape index (κ3) is 4.32. The largest absolute Gasteiger partial charge is 0.491 e. The van der Waals surface area contributed by atoms with Crippen LogP contribution in [0.5, 0.6) is 5.75 Å². The maximum absolute atomic E-state index is 12.2. The van der Waals surface area contributed by atoms with Crippen molar-refractivity contribution in [1.29, 1.82) is 0 Å². The van der Waals surface area contributed by atoms with Crippen LogP contribution in [0, 0.1) is 6.92 Å². The highest BCUT2D eigenvalue weighted by atomic mass is 16.5. The highest BCUT2D eigenvalue weighted by Gasteiger charge is 2.13. The first-order chi connectivity index (χ1) is 11.4. The van der Waals surface area contributed by atoms with Crippen molar-refractivity contribution in [2.75, 3.05) is 5.32 Å². The molecule has 2 N–H and O–H groups in total. The molecule has 1 aromatic heterocycles. The first-order valence-corrected chi connectivity index (χ1v) is 7.69. The topological polar surface area (TPSA) is 88.5 Å². The molecule has 1 atom stereocenters. The summed E-state index contributed by atoms with van der Waals surface area (Å²) < 4.78 is 5.68. The Morgan fingerprint density at radius 1 is 1.21 bits per heavy atom. The van der Waals surface area contributed by atoms with Crippen molar-refractivity contribution < 1.29 is 19.4 Å². The lowest BCUT2D eigenvalue weighted by Crippen LogP contribution is -2.15. The molecular weight excluding hydrogens is 308 g/mol. The molecule has 0 bridgehead atoms. The predicted octanol–water partition coefficient (Wildman–Crippen LogP) is 3.52. The van der Waals surface area contributed by atoms with Crippen molar-refractivity contribution in [3.8, 4) is 5.75 Å². The van der Waals surface area contributed by atoms with E-state index in [9.17, 15) is 9.59 Å². The van der Waals surface area contributed by atoms with E-state index in [1.807, 2.05) is 13.8 Å². The number of pyridine rings is 1. The van der Waals surface area contributed by atoms with E-state index < -0.39 is 11.9 Å². The number of carbonyl (C=O) groups is 2. The molecule has 6 nitrogen and oxygen atoms in total. The summed E-state index contributed by atoms with van der Waals surface area (Å²) in [6, 6.07) is 9.83. The number of carboxylic acid groups (broad SMARTS) is 1. The fourth-order valence-corrected chi connectivity index (χ4v) is 2.04. The van der Waals surface area contributed by atoms with E-state index >= 15 is 0 Å². The van der Waals surface area contributed by atoms with Crippen molar-refractivity contribution in [2.45, 2.75) is 33.3 Å². The van der Waals surface area contributed by atoms with Crippen molar-refractivity contribution >= 4 is 17.6 Å². The second-order valence-electron chi connectivity index (χ2n) is 5.45. The number of aromatic carboxylic acids is 1. The number of hydrogen-bond donors (Lipinski definition) is 2. The van der Waals surface area contributed by atoms with E-state index in [2.05, 4.69) is 10.3 Å². The fraction of sp³-hybridized carbons (Fsp3) is 0.278. The van der Waals surface area contributed by atoms with E-state index in [1.54, 1.807) is 31.2 Å². The van der Waals surface area contributed by atoms with Gasteiger partial charge in [0, 0.05) is 5.69 Å². The number of anilines is 1. The Morgan fingerprint density at radius 3 is 2.42 bits per heavy atom. The minimum atomic E-state index is -1.07. The average Bonchev–Trinajstić information content (AvgIpc) is 2.56. The number of nitrogens with one attached hydrogen (secondary N) is 1. The van der Waals surface area contributed by atoms with Gasteiger partial charge in [-0.2, -0.15) is 0 Å². The number of ether oxygens (including phenoxy) is 1. The Labute approximate surface area is 140 Å². The average molecular weight is 328 g/mol. The summed E-state index contributed by atoms with van der Waals surface area (Å²) in [6.45, 7) is 5.59. The van der Waals surface area contributed by atoms with Gasteiger partial charge in [0.2, 0.25) is 0 Å². The quantitative estimate of drug-likeness (QED) is 0.847. The van der Waals surface area contributed by atoms with Crippen LogP contribution >= 0.6 is 0 Å². The van der Waals surface area contributed by atoms with Crippen LogP contribution in [0.1, 0.15) is 46.8 Å². The molecule has 0 radical (unpaired) electrons. The van der Waals surface area contributed by atoms with Crippen LogP contribution in [0.2, 0.25) is 0 Å². The van der Waals surface area contributed by atoms with Gasteiger partial charge in [0.05, 0.1) is 17.4 Å². The molecule has 1 amide bonds. The van der Waals surface area contributed by atoms with E-state index in [0.29, 0.717) is 11.4 Å². The normalized spacial score (nSPS) is 11.6. The fourth-order valence-electron chi connectivity index (χ4n) is 2.04. The maximum atomic E-state index is 12.2. The van der Waals surface area contributed by atoms with Crippen LogP contribution in [0.25, 0.3) is 0 Å². The summed E-state index contributed by atoms with van der Waals surface area (Å²) in [4.78, 5) is 27.2. The molecule has 126 valence electrons. The van der Waals surface area contributed by atoms with Crippen molar-refractivity contribution in [3.05, 3.63) is 53.3 Å². The Kier molecular flexibility index (Phi) is 5.52. The van der Waals surface area contributed by atoms with Crippen LogP contribution in [-0.4, -0.2) is 28.1 Å². The Hall–Kier alpha value is -2.89. The highest BCUT2D eigenvalue weighted by Crippen LogP contribution is 2.18. The third-order valence-electron chi connectivity index (χ3n) is 3.57. The van der Waals surface area contributed by atoms with Crippen molar-refractivity contribution in [3.63, 3.8) is 0 Å². The molecule has 0 saturated heterocycles. The number of amides is 1. The second kappa shape index (κ2) is 7.59. The summed E-state index contributed by atoms with van der Waals surface area (Å²) >= 11 is 0. The zero-order valence-corrected chi connectivity index (χ0v) is 13.9. The molecule has 0 fully saturated rings. The van der Waals surface area contributed by atoms with Gasteiger partial charge in [-0.25, -0.2) is 9.78 Å². The molecule has 1 aromatic carbocycles. The second-order valence-corrected chi connectivity index (χ2v) is 5.45. The molecule has 1 unspecified atom stereocenters. The monoisotopic (exact) mass is 328 g/mol. The number of carbonyl (C=O) groups excluding carboxylic acids is 1.